The quantitative estimate of drug-likeness (QED) is 0.911. The molecule has 0 saturated carbocycles. The minimum atomic E-state index is 0.584. The Labute approximate surface area is 93.9 Å². The molecule has 2 aromatic rings. The first kappa shape index (κ1) is 9.67. The van der Waals surface area contributed by atoms with Crippen LogP contribution in [0.25, 0.3) is 0 Å². The number of thiazole rings is 1. The Hall–Kier alpha value is -0.880. The summed E-state index contributed by atoms with van der Waals surface area (Å²) < 4.78 is 2.83. The zero-order valence-electron chi connectivity index (χ0n) is 7.57. The SMILES string of the molecule is Cc1cn(Cc2ncc(Br)s2)nc1N. The number of halogens is 1. The molecule has 0 aliphatic carbocycles. The van der Waals surface area contributed by atoms with Crippen molar-refractivity contribution in [2.45, 2.75) is 13.5 Å². The minimum Gasteiger partial charge on any atom is -0.382 e. The van der Waals surface area contributed by atoms with Crippen molar-refractivity contribution in [2.75, 3.05) is 5.73 Å². The van der Waals surface area contributed by atoms with E-state index < -0.39 is 0 Å². The first-order valence-corrected chi connectivity index (χ1v) is 5.66. The molecule has 4 nitrogen and oxygen atoms in total. The van der Waals surface area contributed by atoms with Gasteiger partial charge in [0.2, 0.25) is 0 Å². The lowest BCUT2D eigenvalue weighted by molar-refractivity contribution is 0.686. The number of anilines is 1. The third kappa shape index (κ3) is 1.96. The molecule has 0 amide bonds. The lowest BCUT2D eigenvalue weighted by Gasteiger charge is -1.95. The van der Waals surface area contributed by atoms with E-state index in [-0.39, 0.29) is 0 Å². The zero-order valence-corrected chi connectivity index (χ0v) is 9.97. The van der Waals surface area contributed by atoms with Gasteiger partial charge in [-0.3, -0.25) is 4.68 Å². The van der Waals surface area contributed by atoms with Crippen molar-refractivity contribution in [1.82, 2.24) is 14.8 Å². The second kappa shape index (κ2) is 3.70. The molecule has 2 N–H and O–H groups in total. The maximum Gasteiger partial charge on any atom is 0.148 e. The molecule has 0 aromatic carbocycles. The van der Waals surface area contributed by atoms with Gasteiger partial charge in [-0.05, 0) is 22.9 Å². The first-order valence-electron chi connectivity index (χ1n) is 4.05. The van der Waals surface area contributed by atoms with Crippen LogP contribution in [0.5, 0.6) is 0 Å². The highest BCUT2D eigenvalue weighted by atomic mass is 79.9. The third-order valence-electron chi connectivity index (χ3n) is 1.81. The highest BCUT2D eigenvalue weighted by molar-refractivity contribution is 9.11. The summed E-state index contributed by atoms with van der Waals surface area (Å²) in [6.07, 6.45) is 3.71. The average molecular weight is 273 g/mol. The van der Waals surface area contributed by atoms with E-state index in [1.165, 1.54) is 0 Å². The van der Waals surface area contributed by atoms with Crippen LogP contribution in [0.2, 0.25) is 0 Å². The van der Waals surface area contributed by atoms with Crippen molar-refractivity contribution in [3.05, 3.63) is 26.8 Å². The van der Waals surface area contributed by atoms with E-state index >= 15 is 0 Å². The molecule has 0 spiro atoms. The van der Waals surface area contributed by atoms with Gasteiger partial charge in [-0.25, -0.2) is 4.98 Å². The van der Waals surface area contributed by atoms with Crippen molar-refractivity contribution in [3.8, 4) is 0 Å². The van der Waals surface area contributed by atoms with Crippen molar-refractivity contribution in [1.29, 1.82) is 0 Å². The predicted octanol–water partition coefficient (Wildman–Crippen LogP) is 2.04. The molecule has 0 radical (unpaired) electrons. The van der Waals surface area contributed by atoms with Crippen LogP contribution in [0.4, 0.5) is 5.82 Å². The number of aryl methyl sites for hydroxylation is 1. The Morgan fingerprint density at radius 1 is 1.64 bits per heavy atom. The molecule has 0 fully saturated rings. The lowest BCUT2D eigenvalue weighted by Crippen LogP contribution is -2.00. The highest BCUT2D eigenvalue weighted by Crippen LogP contribution is 2.20. The highest BCUT2D eigenvalue weighted by Gasteiger charge is 2.04. The summed E-state index contributed by atoms with van der Waals surface area (Å²) >= 11 is 4.97. The fraction of sp³-hybridized carbons (Fsp3) is 0.250. The molecule has 0 atom stereocenters. The summed E-state index contributed by atoms with van der Waals surface area (Å²) in [6.45, 7) is 2.62. The van der Waals surface area contributed by atoms with E-state index in [0.29, 0.717) is 12.4 Å². The average Bonchev–Trinajstić information content (AvgIpc) is 2.62. The number of hydrogen-bond acceptors (Lipinski definition) is 4. The summed E-state index contributed by atoms with van der Waals surface area (Å²) in [4.78, 5) is 4.22. The Balaban J connectivity index is 2.18. The molecule has 2 heterocycles. The molecule has 2 aromatic heterocycles. The Morgan fingerprint density at radius 3 is 2.93 bits per heavy atom. The molecule has 0 aliphatic heterocycles. The van der Waals surface area contributed by atoms with Crippen LogP contribution in [-0.2, 0) is 6.54 Å². The summed E-state index contributed by atoms with van der Waals surface area (Å²) in [5.74, 6) is 0.584. The van der Waals surface area contributed by atoms with Gasteiger partial charge in [-0.2, -0.15) is 5.10 Å². The van der Waals surface area contributed by atoms with Gasteiger partial charge in [0.1, 0.15) is 10.8 Å². The van der Waals surface area contributed by atoms with E-state index in [0.717, 1.165) is 14.4 Å². The van der Waals surface area contributed by atoms with E-state index in [1.54, 1.807) is 22.2 Å². The normalized spacial score (nSPS) is 10.7. The van der Waals surface area contributed by atoms with E-state index in [1.807, 2.05) is 13.1 Å². The zero-order chi connectivity index (χ0) is 10.1. The molecular formula is C8H9BrN4S. The van der Waals surface area contributed by atoms with Crippen LogP contribution >= 0.6 is 27.3 Å². The summed E-state index contributed by atoms with van der Waals surface area (Å²) in [5.41, 5.74) is 6.64. The van der Waals surface area contributed by atoms with Crippen LogP contribution in [-0.4, -0.2) is 14.8 Å². The first-order chi connectivity index (χ1) is 6.65. The van der Waals surface area contributed by atoms with Crippen LogP contribution in [0.15, 0.2) is 16.2 Å². The molecule has 0 saturated heterocycles. The van der Waals surface area contributed by atoms with Crippen LogP contribution in [0.1, 0.15) is 10.6 Å². The third-order valence-corrected chi connectivity index (χ3v) is 3.27. The van der Waals surface area contributed by atoms with Gasteiger partial charge in [0, 0.05) is 11.8 Å². The van der Waals surface area contributed by atoms with E-state index in [2.05, 4.69) is 26.0 Å². The van der Waals surface area contributed by atoms with Crippen molar-refractivity contribution >= 4 is 33.1 Å². The second-order valence-electron chi connectivity index (χ2n) is 2.95. The number of rotatable bonds is 2. The summed E-state index contributed by atoms with van der Waals surface area (Å²) in [7, 11) is 0. The largest absolute Gasteiger partial charge is 0.382 e. The van der Waals surface area contributed by atoms with Gasteiger partial charge in [-0.15, -0.1) is 11.3 Å². The smallest absolute Gasteiger partial charge is 0.148 e. The maximum atomic E-state index is 5.64. The van der Waals surface area contributed by atoms with Gasteiger partial charge in [0.15, 0.2) is 0 Å². The molecule has 6 heteroatoms. The Bertz CT molecular complexity index is 428. The van der Waals surface area contributed by atoms with Gasteiger partial charge in [0.05, 0.1) is 16.5 Å². The van der Waals surface area contributed by atoms with Crippen molar-refractivity contribution in [3.63, 3.8) is 0 Å². The monoisotopic (exact) mass is 272 g/mol. The van der Waals surface area contributed by atoms with Gasteiger partial charge in [0.25, 0.3) is 0 Å². The fourth-order valence-corrected chi connectivity index (χ4v) is 2.41. The topological polar surface area (TPSA) is 56.7 Å². The Kier molecular flexibility index (Phi) is 2.56. The predicted molar refractivity (Wildman–Crippen MR) is 60.3 cm³/mol. The number of hydrogen-bond donors (Lipinski definition) is 1. The number of aromatic nitrogens is 3. The number of nitrogen functional groups attached to an aromatic ring is 1. The Morgan fingerprint density at radius 2 is 2.43 bits per heavy atom. The molecule has 0 bridgehead atoms. The van der Waals surface area contributed by atoms with Crippen LogP contribution in [0, 0.1) is 6.92 Å². The number of nitrogens with zero attached hydrogens (tertiary/aromatic N) is 3. The molecular weight excluding hydrogens is 264 g/mol. The molecule has 14 heavy (non-hydrogen) atoms. The minimum absolute atomic E-state index is 0.584. The summed E-state index contributed by atoms with van der Waals surface area (Å²) in [6, 6.07) is 0. The van der Waals surface area contributed by atoms with Crippen molar-refractivity contribution < 1.29 is 0 Å². The lowest BCUT2D eigenvalue weighted by atomic mass is 10.4. The van der Waals surface area contributed by atoms with E-state index in [4.69, 9.17) is 5.73 Å². The second-order valence-corrected chi connectivity index (χ2v) is 5.45. The molecule has 74 valence electrons. The standard InChI is InChI=1S/C8H9BrN4S/c1-5-3-13(12-8(5)10)4-7-11-2-6(9)14-7/h2-3H,4H2,1H3,(H2,10,12). The van der Waals surface area contributed by atoms with Crippen LogP contribution < -0.4 is 5.73 Å². The molecule has 0 aliphatic rings. The van der Waals surface area contributed by atoms with E-state index in [9.17, 15) is 0 Å². The molecule has 2 rings (SSSR count). The fourth-order valence-electron chi connectivity index (χ4n) is 1.12. The maximum absolute atomic E-state index is 5.64. The summed E-state index contributed by atoms with van der Waals surface area (Å²) in [5, 5.41) is 5.17. The number of nitrogens with two attached hydrogens (primary N) is 1. The van der Waals surface area contributed by atoms with Crippen molar-refractivity contribution in [2.24, 2.45) is 0 Å². The molecule has 0 unspecified atom stereocenters. The van der Waals surface area contributed by atoms with Gasteiger partial charge < -0.3 is 5.73 Å². The van der Waals surface area contributed by atoms with Gasteiger partial charge in [-0.1, -0.05) is 0 Å². The van der Waals surface area contributed by atoms with Gasteiger partial charge >= 0.3 is 0 Å². The van der Waals surface area contributed by atoms with Crippen LogP contribution in [0.3, 0.4) is 0 Å².